The third-order valence-corrected chi connectivity index (χ3v) is 2.83. The van der Waals surface area contributed by atoms with Gasteiger partial charge < -0.3 is 10.1 Å². The van der Waals surface area contributed by atoms with Crippen molar-refractivity contribution in [2.45, 2.75) is 39.0 Å². The highest BCUT2D eigenvalue weighted by atomic mass is 16.6. The van der Waals surface area contributed by atoms with Crippen LogP contribution in [0.4, 0.5) is 0 Å². The first-order valence-corrected chi connectivity index (χ1v) is 6.46. The van der Waals surface area contributed by atoms with Crippen molar-refractivity contribution >= 4 is 5.97 Å². The highest BCUT2D eigenvalue weighted by Gasteiger charge is 2.47. The molecule has 1 rings (SSSR count). The fourth-order valence-electron chi connectivity index (χ4n) is 1.60. The maximum atomic E-state index is 11.9. The number of nitrogens with one attached hydrogen (secondary N) is 1. The maximum absolute atomic E-state index is 11.9. The molecule has 1 unspecified atom stereocenters. The molecule has 0 amide bonds. The van der Waals surface area contributed by atoms with Gasteiger partial charge in [-0.1, -0.05) is 30.3 Å². The molecular weight excluding hydrogens is 260 g/mol. The molecular formula is C14H20N2O4. The van der Waals surface area contributed by atoms with Crippen molar-refractivity contribution in [2.24, 2.45) is 0 Å². The lowest BCUT2D eigenvalue weighted by Crippen LogP contribution is -2.52. The zero-order valence-electron chi connectivity index (χ0n) is 12.0. The van der Waals surface area contributed by atoms with Gasteiger partial charge in [0, 0.05) is 18.4 Å². The SMILES string of the molecule is CC(C)OC(=O)C(C)(CNCc1ccccc1)[N+](=O)[O-]. The molecule has 1 aromatic carbocycles. The molecule has 0 heterocycles. The number of ether oxygens (including phenoxy) is 1. The Morgan fingerprint density at radius 1 is 1.40 bits per heavy atom. The first kappa shape index (κ1) is 16.1. The zero-order chi connectivity index (χ0) is 15.2. The second kappa shape index (κ2) is 7.00. The van der Waals surface area contributed by atoms with Crippen molar-refractivity contribution in [2.75, 3.05) is 6.54 Å². The summed E-state index contributed by atoms with van der Waals surface area (Å²) in [4.78, 5) is 22.4. The van der Waals surface area contributed by atoms with Gasteiger partial charge in [-0.3, -0.25) is 10.1 Å². The van der Waals surface area contributed by atoms with Gasteiger partial charge in [-0.15, -0.1) is 0 Å². The average molecular weight is 280 g/mol. The standard InChI is InChI=1S/C14H20N2O4/c1-11(2)20-13(17)14(3,16(18)19)10-15-9-12-7-5-4-6-8-12/h4-8,11,15H,9-10H2,1-3H3. The molecule has 0 bridgehead atoms. The highest BCUT2D eigenvalue weighted by Crippen LogP contribution is 2.12. The lowest BCUT2D eigenvalue weighted by Gasteiger charge is -2.21. The van der Waals surface area contributed by atoms with Crippen LogP contribution in [0, 0.1) is 10.1 Å². The molecule has 1 atom stereocenters. The quantitative estimate of drug-likeness (QED) is 0.467. The summed E-state index contributed by atoms with van der Waals surface area (Å²) in [5, 5.41) is 14.1. The topological polar surface area (TPSA) is 81.5 Å². The number of carbonyl (C=O) groups is 1. The Bertz CT molecular complexity index is 462. The summed E-state index contributed by atoms with van der Waals surface area (Å²) in [6, 6.07) is 9.48. The maximum Gasteiger partial charge on any atom is 0.386 e. The molecule has 0 fully saturated rings. The molecule has 110 valence electrons. The molecule has 6 heteroatoms. The van der Waals surface area contributed by atoms with Crippen LogP contribution < -0.4 is 5.32 Å². The van der Waals surface area contributed by atoms with Gasteiger partial charge in [0.05, 0.1) is 12.6 Å². The number of carbonyl (C=O) groups excluding carboxylic acids is 1. The normalized spacial score (nSPS) is 13.8. The number of hydrogen-bond acceptors (Lipinski definition) is 5. The minimum Gasteiger partial charge on any atom is -0.458 e. The van der Waals surface area contributed by atoms with E-state index in [1.807, 2.05) is 30.3 Å². The second-order valence-corrected chi connectivity index (χ2v) is 5.07. The molecule has 0 aliphatic rings. The van der Waals surface area contributed by atoms with E-state index in [1.165, 1.54) is 6.92 Å². The summed E-state index contributed by atoms with van der Waals surface area (Å²) in [5.41, 5.74) is -0.783. The largest absolute Gasteiger partial charge is 0.458 e. The van der Waals surface area contributed by atoms with E-state index in [2.05, 4.69) is 5.32 Å². The zero-order valence-corrected chi connectivity index (χ0v) is 12.0. The van der Waals surface area contributed by atoms with Crippen LogP contribution in [0.2, 0.25) is 0 Å². The van der Waals surface area contributed by atoms with Gasteiger partial charge in [-0.25, -0.2) is 4.79 Å². The van der Waals surface area contributed by atoms with Crippen molar-refractivity contribution in [3.05, 3.63) is 46.0 Å². The molecule has 0 aromatic heterocycles. The van der Waals surface area contributed by atoms with E-state index in [0.29, 0.717) is 6.54 Å². The van der Waals surface area contributed by atoms with Crippen LogP contribution in [-0.4, -0.2) is 29.1 Å². The predicted octanol–water partition coefficient (Wildman–Crippen LogP) is 1.76. The van der Waals surface area contributed by atoms with Gasteiger partial charge in [-0.05, 0) is 19.4 Å². The van der Waals surface area contributed by atoms with Gasteiger partial charge >= 0.3 is 11.5 Å². The fourth-order valence-corrected chi connectivity index (χ4v) is 1.60. The molecule has 6 nitrogen and oxygen atoms in total. The Balaban J connectivity index is 2.63. The smallest absolute Gasteiger partial charge is 0.386 e. The van der Waals surface area contributed by atoms with Crippen molar-refractivity contribution in [1.29, 1.82) is 0 Å². The summed E-state index contributed by atoms with van der Waals surface area (Å²) in [6.07, 6.45) is -0.379. The first-order valence-electron chi connectivity index (χ1n) is 6.46. The van der Waals surface area contributed by atoms with E-state index < -0.39 is 16.4 Å². The van der Waals surface area contributed by atoms with Gasteiger partial charge in [0.1, 0.15) is 0 Å². The Morgan fingerprint density at radius 2 is 2.00 bits per heavy atom. The Labute approximate surface area is 118 Å². The fraction of sp³-hybridized carbons (Fsp3) is 0.500. The summed E-state index contributed by atoms with van der Waals surface area (Å²) in [5.74, 6) is -0.821. The predicted molar refractivity (Wildman–Crippen MR) is 74.8 cm³/mol. The number of benzene rings is 1. The molecule has 1 aromatic rings. The minimum absolute atomic E-state index is 0.0829. The van der Waals surface area contributed by atoms with Gasteiger partial charge in [-0.2, -0.15) is 0 Å². The molecule has 0 radical (unpaired) electrons. The first-order chi connectivity index (χ1) is 9.36. The van der Waals surface area contributed by atoms with Crippen molar-refractivity contribution in [3.63, 3.8) is 0 Å². The van der Waals surface area contributed by atoms with Crippen LogP contribution >= 0.6 is 0 Å². The average Bonchev–Trinajstić information content (AvgIpc) is 2.38. The number of esters is 1. The van der Waals surface area contributed by atoms with E-state index in [4.69, 9.17) is 4.74 Å². The van der Waals surface area contributed by atoms with Crippen LogP contribution in [0.15, 0.2) is 30.3 Å². The summed E-state index contributed by atoms with van der Waals surface area (Å²) < 4.78 is 4.96. The van der Waals surface area contributed by atoms with E-state index in [-0.39, 0.29) is 12.6 Å². The van der Waals surface area contributed by atoms with Crippen LogP contribution in [-0.2, 0) is 16.1 Å². The summed E-state index contributed by atoms with van der Waals surface area (Å²) in [6.45, 7) is 4.97. The molecule has 0 saturated heterocycles. The molecule has 0 spiro atoms. The van der Waals surface area contributed by atoms with Crippen LogP contribution in [0.25, 0.3) is 0 Å². The number of rotatable bonds is 7. The Kier molecular flexibility index (Phi) is 5.64. The Morgan fingerprint density at radius 3 is 2.50 bits per heavy atom. The molecule has 0 aliphatic carbocycles. The minimum atomic E-state index is -1.78. The van der Waals surface area contributed by atoms with Crippen molar-refractivity contribution in [3.8, 4) is 0 Å². The number of hydrogen-bond donors (Lipinski definition) is 1. The van der Waals surface area contributed by atoms with Crippen LogP contribution in [0.5, 0.6) is 0 Å². The molecule has 20 heavy (non-hydrogen) atoms. The van der Waals surface area contributed by atoms with Gasteiger partial charge in [0.15, 0.2) is 0 Å². The lowest BCUT2D eigenvalue weighted by molar-refractivity contribution is -0.548. The van der Waals surface area contributed by atoms with E-state index >= 15 is 0 Å². The molecule has 0 saturated carbocycles. The van der Waals surface area contributed by atoms with Crippen molar-refractivity contribution < 1.29 is 14.5 Å². The number of nitro groups is 1. The third-order valence-electron chi connectivity index (χ3n) is 2.83. The van der Waals surface area contributed by atoms with E-state index in [9.17, 15) is 14.9 Å². The molecule has 1 N–H and O–H groups in total. The lowest BCUT2D eigenvalue weighted by atomic mass is 10.0. The van der Waals surface area contributed by atoms with Crippen molar-refractivity contribution in [1.82, 2.24) is 5.32 Å². The second-order valence-electron chi connectivity index (χ2n) is 5.07. The van der Waals surface area contributed by atoms with Gasteiger partial charge in [0.25, 0.3) is 0 Å². The van der Waals surface area contributed by atoms with Crippen LogP contribution in [0.1, 0.15) is 26.3 Å². The van der Waals surface area contributed by atoms with Crippen LogP contribution in [0.3, 0.4) is 0 Å². The monoisotopic (exact) mass is 280 g/mol. The van der Waals surface area contributed by atoms with Gasteiger partial charge in [0.2, 0.25) is 0 Å². The third kappa shape index (κ3) is 4.31. The molecule has 0 aliphatic heterocycles. The Hall–Kier alpha value is -1.95. The highest BCUT2D eigenvalue weighted by molar-refractivity contribution is 5.79. The summed E-state index contributed by atoms with van der Waals surface area (Å²) >= 11 is 0. The number of nitrogens with zero attached hydrogens (tertiary/aromatic N) is 1. The summed E-state index contributed by atoms with van der Waals surface area (Å²) in [7, 11) is 0. The van der Waals surface area contributed by atoms with E-state index in [1.54, 1.807) is 13.8 Å². The van der Waals surface area contributed by atoms with E-state index in [0.717, 1.165) is 5.56 Å².